The molecule has 0 aliphatic heterocycles. The van der Waals surface area contributed by atoms with Gasteiger partial charge in [-0.05, 0) is 24.1 Å². The van der Waals surface area contributed by atoms with Gasteiger partial charge in [-0.15, -0.1) is 0 Å². The fourth-order valence-electron chi connectivity index (χ4n) is 1.78. The lowest BCUT2D eigenvalue weighted by Gasteiger charge is -2.10. The first-order valence-corrected chi connectivity index (χ1v) is 6.30. The molecule has 2 rings (SSSR count). The van der Waals surface area contributed by atoms with Crippen LogP contribution in [0.15, 0.2) is 42.7 Å². The molecule has 0 fully saturated rings. The molecule has 1 aromatic carbocycles. The summed E-state index contributed by atoms with van der Waals surface area (Å²) in [6, 6.07) is 8.49. The van der Waals surface area contributed by atoms with Crippen molar-refractivity contribution in [1.82, 2.24) is 4.98 Å². The fourth-order valence-corrected chi connectivity index (χ4v) is 1.96. The Morgan fingerprint density at radius 2 is 2.11 bits per heavy atom. The number of thiocarbonyl (C=S) groups is 1. The molecule has 1 aromatic heterocycles. The van der Waals surface area contributed by atoms with Crippen LogP contribution >= 0.6 is 12.2 Å². The molecule has 19 heavy (non-hydrogen) atoms. The molecule has 3 N–H and O–H groups in total. The van der Waals surface area contributed by atoms with E-state index in [1.54, 1.807) is 30.6 Å². The van der Waals surface area contributed by atoms with Crippen molar-refractivity contribution in [3.63, 3.8) is 0 Å². The minimum atomic E-state index is -0.190. The molecule has 0 saturated carbocycles. The van der Waals surface area contributed by atoms with Crippen molar-refractivity contribution in [1.29, 1.82) is 0 Å². The number of nitrogens with one attached hydrogen (secondary N) is 1. The first kappa shape index (κ1) is 13.4. The van der Waals surface area contributed by atoms with E-state index >= 15 is 0 Å². The van der Waals surface area contributed by atoms with Gasteiger partial charge in [-0.1, -0.05) is 30.4 Å². The zero-order valence-corrected chi connectivity index (χ0v) is 11.1. The number of pyridine rings is 1. The van der Waals surface area contributed by atoms with Crippen molar-refractivity contribution in [2.24, 2.45) is 5.73 Å². The Kier molecular flexibility index (Phi) is 4.41. The summed E-state index contributed by atoms with van der Waals surface area (Å²) in [6.45, 7) is 0.586. The summed E-state index contributed by atoms with van der Waals surface area (Å²) in [5.41, 5.74) is 7.82. The van der Waals surface area contributed by atoms with E-state index in [2.05, 4.69) is 10.3 Å². The van der Waals surface area contributed by atoms with Gasteiger partial charge in [0.25, 0.3) is 0 Å². The lowest BCUT2D eigenvalue weighted by atomic mass is 10.1. The van der Waals surface area contributed by atoms with Gasteiger partial charge < -0.3 is 11.1 Å². The van der Waals surface area contributed by atoms with E-state index in [4.69, 9.17) is 18.0 Å². The van der Waals surface area contributed by atoms with Crippen LogP contribution in [-0.2, 0) is 6.42 Å². The van der Waals surface area contributed by atoms with Crippen LogP contribution < -0.4 is 11.1 Å². The molecule has 1 heterocycles. The molecule has 5 heteroatoms. The van der Waals surface area contributed by atoms with E-state index in [1.807, 2.05) is 6.07 Å². The molecule has 0 atom stereocenters. The van der Waals surface area contributed by atoms with Crippen LogP contribution in [0.25, 0.3) is 0 Å². The van der Waals surface area contributed by atoms with E-state index in [1.165, 1.54) is 6.07 Å². The lowest BCUT2D eigenvalue weighted by molar-refractivity contribution is 0.610. The average molecular weight is 275 g/mol. The normalized spacial score (nSPS) is 10.2. The molecule has 0 bridgehead atoms. The fraction of sp³-hybridized carbons (Fsp3) is 0.143. The Bertz CT molecular complexity index is 586. The van der Waals surface area contributed by atoms with Crippen molar-refractivity contribution in [3.8, 4) is 0 Å². The van der Waals surface area contributed by atoms with Gasteiger partial charge in [0.05, 0.1) is 11.9 Å². The molecule has 0 aliphatic rings. The van der Waals surface area contributed by atoms with E-state index in [0.29, 0.717) is 23.5 Å². The maximum absolute atomic E-state index is 13.4. The number of rotatable bonds is 5. The highest BCUT2D eigenvalue weighted by Crippen LogP contribution is 2.14. The van der Waals surface area contributed by atoms with Crippen LogP contribution in [0.5, 0.6) is 0 Å². The van der Waals surface area contributed by atoms with Crippen molar-refractivity contribution in [2.75, 3.05) is 11.9 Å². The lowest BCUT2D eigenvalue weighted by Crippen LogP contribution is -2.15. The summed E-state index contributed by atoms with van der Waals surface area (Å²) in [6.07, 6.45) is 3.88. The number of hydrogen-bond donors (Lipinski definition) is 2. The minimum Gasteiger partial charge on any atom is -0.389 e. The Morgan fingerprint density at radius 3 is 2.84 bits per heavy atom. The number of benzene rings is 1. The average Bonchev–Trinajstić information content (AvgIpc) is 2.41. The number of halogens is 1. The van der Waals surface area contributed by atoms with Gasteiger partial charge >= 0.3 is 0 Å². The van der Waals surface area contributed by atoms with Gasteiger partial charge in [-0.3, -0.25) is 4.98 Å². The van der Waals surface area contributed by atoms with Crippen LogP contribution in [-0.4, -0.2) is 16.5 Å². The summed E-state index contributed by atoms with van der Waals surface area (Å²) >= 11 is 4.96. The summed E-state index contributed by atoms with van der Waals surface area (Å²) in [7, 11) is 0. The SMILES string of the molecule is NC(=S)c1ccncc1NCCc1ccccc1F. The van der Waals surface area contributed by atoms with Crippen LogP contribution in [0.1, 0.15) is 11.1 Å². The Hall–Kier alpha value is -2.01. The molecular formula is C14H14FN3S. The first-order valence-electron chi connectivity index (χ1n) is 5.89. The first-order chi connectivity index (χ1) is 9.18. The summed E-state index contributed by atoms with van der Waals surface area (Å²) in [4.78, 5) is 4.33. The van der Waals surface area contributed by atoms with Crippen LogP contribution in [0.4, 0.5) is 10.1 Å². The Morgan fingerprint density at radius 1 is 1.32 bits per heavy atom. The zero-order valence-electron chi connectivity index (χ0n) is 10.3. The third kappa shape index (κ3) is 3.48. The molecule has 0 amide bonds. The zero-order chi connectivity index (χ0) is 13.7. The summed E-state index contributed by atoms with van der Waals surface area (Å²) < 4.78 is 13.4. The maximum Gasteiger partial charge on any atom is 0.126 e. The largest absolute Gasteiger partial charge is 0.389 e. The number of nitrogens with two attached hydrogens (primary N) is 1. The molecule has 0 saturated heterocycles. The van der Waals surface area contributed by atoms with Crippen LogP contribution in [0, 0.1) is 5.82 Å². The van der Waals surface area contributed by atoms with Crippen molar-refractivity contribution in [3.05, 3.63) is 59.7 Å². The van der Waals surface area contributed by atoms with Crippen molar-refractivity contribution < 1.29 is 4.39 Å². The highest BCUT2D eigenvalue weighted by Gasteiger charge is 2.05. The number of anilines is 1. The molecule has 0 spiro atoms. The van der Waals surface area contributed by atoms with E-state index in [-0.39, 0.29) is 5.82 Å². The van der Waals surface area contributed by atoms with Crippen LogP contribution in [0.3, 0.4) is 0 Å². The van der Waals surface area contributed by atoms with Gasteiger partial charge in [-0.25, -0.2) is 4.39 Å². The minimum absolute atomic E-state index is 0.190. The maximum atomic E-state index is 13.4. The second kappa shape index (κ2) is 6.24. The summed E-state index contributed by atoms with van der Waals surface area (Å²) in [5, 5.41) is 3.17. The second-order valence-electron chi connectivity index (χ2n) is 4.05. The highest BCUT2D eigenvalue weighted by atomic mass is 32.1. The molecule has 0 radical (unpaired) electrons. The predicted molar refractivity (Wildman–Crippen MR) is 78.7 cm³/mol. The molecule has 2 aromatic rings. The highest BCUT2D eigenvalue weighted by molar-refractivity contribution is 7.80. The van der Waals surface area contributed by atoms with Gasteiger partial charge in [0, 0.05) is 18.3 Å². The van der Waals surface area contributed by atoms with Crippen molar-refractivity contribution >= 4 is 22.9 Å². The molecule has 98 valence electrons. The molecular weight excluding hydrogens is 261 g/mol. The van der Waals surface area contributed by atoms with E-state index < -0.39 is 0 Å². The molecule has 3 nitrogen and oxygen atoms in total. The Labute approximate surface area is 116 Å². The third-order valence-corrected chi connectivity index (χ3v) is 2.97. The second-order valence-corrected chi connectivity index (χ2v) is 4.49. The molecule has 0 aliphatic carbocycles. The standard InChI is InChI=1S/C14H14FN3S/c15-12-4-2-1-3-10(12)5-8-18-13-9-17-7-6-11(13)14(16)19/h1-4,6-7,9,18H,5,8H2,(H2,16,19). The van der Waals surface area contributed by atoms with Crippen LogP contribution in [0.2, 0.25) is 0 Å². The van der Waals surface area contributed by atoms with Gasteiger partial charge in [0.15, 0.2) is 0 Å². The smallest absolute Gasteiger partial charge is 0.126 e. The third-order valence-electron chi connectivity index (χ3n) is 2.75. The van der Waals surface area contributed by atoms with Crippen molar-refractivity contribution in [2.45, 2.75) is 6.42 Å². The van der Waals surface area contributed by atoms with Gasteiger partial charge in [-0.2, -0.15) is 0 Å². The van der Waals surface area contributed by atoms with E-state index in [0.717, 1.165) is 11.3 Å². The van der Waals surface area contributed by atoms with Gasteiger partial charge in [0.2, 0.25) is 0 Å². The predicted octanol–water partition coefficient (Wildman–Crippen LogP) is 2.51. The topological polar surface area (TPSA) is 50.9 Å². The molecule has 0 unspecified atom stereocenters. The Balaban J connectivity index is 2.00. The number of hydrogen-bond acceptors (Lipinski definition) is 3. The van der Waals surface area contributed by atoms with Gasteiger partial charge in [0.1, 0.15) is 10.8 Å². The summed E-state index contributed by atoms with van der Waals surface area (Å²) in [5.74, 6) is -0.190. The number of nitrogens with zero attached hydrogens (tertiary/aromatic N) is 1. The number of aromatic nitrogens is 1. The monoisotopic (exact) mass is 275 g/mol. The quantitative estimate of drug-likeness (QED) is 0.823. The van der Waals surface area contributed by atoms with E-state index in [9.17, 15) is 4.39 Å².